The summed E-state index contributed by atoms with van der Waals surface area (Å²) in [5, 5.41) is 10.7. The van der Waals surface area contributed by atoms with Gasteiger partial charge in [0, 0.05) is 10.2 Å². The second-order valence-electron chi connectivity index (χ2n) is 8.21. The molecule has 2 heterocycles. The van der Waals surface area contributed by atoms with Crippen molar-refractivity contribution in [2.24, 2.45) is 0 Å². The van der Waals surface area contributed by atoms with E-state index in [1.54, 1.807) is 61.5 Å². The molecule has 37 heavy (non-hydrogen) atoms. The van der Waals surface area contributed by atoms with Crippen LogP contribution in [0.1, 0.15) is 45.0 Å². The molecule has 0 radical (unpaired) electrons. The first kappa shape index (κ1) is 25.0. The van der Waals surface area contributed by atoms with Crippen LogP contribution in [-0.2, 0) is 4.74 Å². The molecule has 1 N–H and O–H groups in total. The minimum absolute atomic E-state index is 0.0811. The average Bonchev–Trinajstić information content (AvgIpc) is 3.18. The molecule has 8 nitrogen and oxygen atoms in total. The van der Waals surface area contributed by atoms with Gasteiger partial charge in [0.2, 0.25) is 5.76 Å². The molecule has 1 aromatic heterocycles. The predicted octanol–water partition coefficient (Wildman–Crippen LogP) is 5.96. The smallest absolute Gasteiger partial charge is 0.338 e. The summed E-state index contributed by atoms with van der Waals surface area (Å²) < 4.78 is 17.4. The number of carbonyl (C=O) groups excluding carboxylic acids is 2. The third-order valence-corrected chi connectivity index (χ3v) is 7.17. The van der Waals surface area contributed by atoms with Crippen molar-refractivity contribution in [2.45, 2.75) is 13.0 Å². The van der Waals surface area contributed by atoms with E-state index in [1.165, 1.54) is 12.0 Å². The van der Waals surface area contributed by atoms with Crippen LogP contribution < -0.4 is 15.1 Å². The molecule has 0 spiro atoms. The lowest BCUT2D eigenvalue weighted by Gasteiger charge is -2.26. The van der Waals surface area contributed by atoms with Gasteiger partial charge in [-0.2, -0.15) is 0 Å². The maximum Gasteiger partial charge on any atom is 0.338 e. The van der Waals surface area contributed by atoms with Gasteiger partial charge in [-0.1, -0.05) is 15.9 Å². The molecular formula is C27H19Br2NO7. The maximum atomic E-state index is 13.8. The number of phenolic OH excluding ortho intramolecular Hbond substituents is 1. The van der Waals surface area contributed by atoms with Gasteiger partial charge >= 0.3 is 5.97 Å². The lowest BCUT2D eigenvalue weighted by molar-refractivity contribution is 0.0526. The van der Waals surface area contributed by atoms with E-state index in [4.69, 9.17) is 13.9 Å². The first-order valence-electron chi connectivity index (χ1n) is 11.2. The molecule has 0 bridgehead atoms. The van der Waals surface area contributed by atoms with Crippen LogP contribution in [0, 0.1) is 0 Å². The molecule has 1 aliphatic rings. The van der Waals surface area contributed by atoms with Gasteiger partial charge in [0.15, 0.2) is 16.9 Å². The Kier molecular flexibility index (Phi) is 6.55. The van der Waals surface area contributed by atoms with Crippen LogP contribution in [-0.4, -0.2) is 30.7 Å². The lowest BCUT2D eigenvalue weighted by atomic mass is 9.97. The molecule has 4 aromatic rings. The van der Waals surface area contributed by atoms with Crippen molar-refractivity contribution in [2.75, 3.05) is 18.6 Å². The van der Waals surface area contributed by atoms with Crippen molar-refractivity contribution < 1.29 is 28.6 Å². The molecule has 0 saturated heterocycles. The van der Waals surface area contributed by atoms with Gasteiger partial charge in [0.1, 0.15) is 5.58 Å². The number of nitrogens with zero attached hydrogens (tertiary/aromatic N) is 1. The summed E-state index contributed by atoms with van der Waals surface area (Å²) in [6, 6.07) is 13.6. The van der Waals surface area contributed by atoms with Crippen LogP contribution in [0.3, 0.4) is 0 Å². The number of hydrogen-bond donors (Lipinski definition) is 1. The Bertz CT molecular complexity index is 1630. The Morgan fingerprint density at radius 1 is 1.08 bits per heavy atom. The fourth-order valence-corrected chi connectivity index (χ4v) is 5.23. The number of benzene rings is 3. The number of phenols is 1. The van der Waals surface area contributed by atoms with E-state index in [-0.39, 0.29) is 40.4 Å². The SMILES string of the molecule is CCOC(=O)c1ccc(N2C(=O)c3oc4ccc(Br)cc4c(=O)c3C2c2cc(Br)c(O)c(OC)c2)cc1. The summed E-state index contributed by atoms with van der Waals surface area (Å²) in [4.78, 5) is 41.1. The fourth-order valence-electron chi connectivity index (χ4n) is 4.41. The van der Waals surface area contributed by atoms with Crippen molar-refractivity contribution in [3.8, 4) is 11.5 Å². The summed E-state index contributed by atoms with van der Waals surface area (Å²) >= 11 is 6.72. The second-order valence-corrected chi connectivity index (χ2v) is 9.98. The number of ether oxygens (including phenoxy) is 2. The number of carbonyl (C=O) groups is 2. The van der Waals surface area contributed by atoms with Gasteiger partial charge in [0.05, 0.1) is 40.7 Å². The highest BCUT2D eigenvalue weighted by atomic mass is 79.9. The van der Waals surface area contributed by atoms with Crippen molar-refractivity contribution >= 4 is 60.4 Å². The maximum absolute atomic E-state index is 13.8. The predicted molar refractivity (Wildman–Crippen MR) is 144 cm³/mol. The number of halogens is 2. The number of fused-ring (bicyclic) bond motifs is 2. The molecule has 1 amide bonds. The number of hydrogen-bond acceptors (Lipinski definition) is 7. The monoisotopic (exact) mass is 627 g/mol. The number of rotatable bonds is 5. The summed E-state index contributed by atoms with van der Waals surface area (Å²) in [6.45, 7) is 1.95. The van der Waals surface area contributed by atoms with Gasteiger partial charge in [-0.25, -0.2) is 4.79 Å². The summed E-state index contributed by atoms with van der Waals surface area (Å²) in [6.07, 6.45) is 0. The van der Waals surface area contributed by atoms with Crippen molar-refractivity contribution in [1.82, 2.24) is 0 Å². The second kappa shape index (κ2) is 9.68. The number of esters is 1. The number of aromatic hydroxyl groups is 1. The fraction of sp³-hybridized carbons (Fsp3) is 0.148. The van der Waals surface area contributed by atoms with Gasteiger partial charge in [0.25, 0.3) is 5.91 Å². The Hall–Kier alpha value is -3.63. The van der Waals surface area contributed by atoms with E-state index < -0.39 is 17.9 Å². The van der Waals surface area contributed by atoms with Gasteiger partial charge in [-0.3, -0.25) is 14.5 Å². The van der Waals surface area contributed by atoms with Crippen LogP contribution in [0.2, 0.25) is 0 Å². The molecule has 10 heteroatoms. The molecule has 1 atom stereocenters. The molecule has 5 rings (SSSR count). The summed E-state index contributed by atoms with van der Waals surface area (Å²) in [5.41, 5.74) is 1.34. The quantitative estimate of drug-likeness (QED) is 0.272. The largest absolute Gasteiger partial charge is 0.503 e. The third-order valence-electron chi connectivity index (χ3n) is 6.08. The van der Waals surface area contributed by atoms with Gasteiger partial charge in [-0.05, 0) is 83.0 Å². The summed E-state index contributed by atoms with van der Waals surface area (Å²) in [7, 11) is 1.41. The Balaban J connectivity index is 1.75. The Labute approximate surface area is 227 Å². The normalized spacial score (nSPS) is 14.6. The van der Waals surface area contributed by atoms with Crippen LogP contribution in [0.4, 0.5) is 5.69 Å². The van der Waals surface area contributed by atoms with E-state index in [1.807, 2.05) is 0 Å². The van der Waals surface area contributed by atoms with E-state index in [9.17, 15) is 19.5 Å². The van der Waals surface area contributed by atoms with Crippen molar-refractivity contribution in [3.05, 3.63) is 96.2 Å². The number of methoxy groups -OCH3 is 1. The number of anilines is 1. The third kappa shape index (κ3) is 4.19. The summed E-state index contributed by atoms with van der Waals surface area (Å²) in [5.74, 6) is -1.04. The lowest BCUT2D eigenvalue weighted by Crippen LogP contribution is -2.29. The molecule has 188 valence electrons. The number of amides is 1. The van der Waals surface area contributed by atoms with Crippen LogP contribution >= 0.6 is 31.9 Å². The highest BCUT2D eigenvalue weighted by Gasteiger charge is 2.44. The molecule has 3 aromatic carbocycles. The van der Waals surface area contributed by atoms with Gasteiger partial charge < -0.3 is 19.0 Å². The van der Waals surface area contributed by atoms with Crippen LogP contribution in [0.15, 0.2) is 72.8 Å². The van der Waals surface area contributed by atoms with E-state index >= 15 is 0 Å². The van der Waals surface area contributed by atoms with Crippen LogP contribution in [0.5, 0.6) is 11.5 Å². The van der Waals surface area contributed by atoms with Crippen molar-refractivity contribution in [3.63, 3.8) is 0 Å². The topological polar surface area (TPSA) is 106 Å². The minimum atomic E-state index is -0.902. The first-order valence-corrected chi connectivity index (χ1v) is 12.8. The molecule has 1 aliphatic heterocycles. The first-order chi connectivity index (χ1) is 17.7. The van der Waals surface area contributed by atoms with Crippen LogP contribution in [0.25, 0.3) is 11.0 Å². The molecule has 0 aliphatic carbocycles. The standard InChI is InChI=1S/C27H19Br2NO7/c1-3-36-27(34)13-4-7-16(8-5-13)30-22(14-10-18(29)24(32)20(11-14)35-2)21-23(31)17-12-15(28)6-9-19(17)37-25(21)26(30)33/h4-12,22,32H,3H2,1-2H3. The Morgan fingerprint density at radius 3 is 2.49 bits per heavy atom. The zero-order valence-corrected chi connectivity index (χ0v) is 22.8. The molecule has 1 unspecified atom stereocenters. The molecular weight excluding hydrogens is 610 g/mol. The van der Waals surface area contributed by atoms with E-state index in [0.717, 1.165) is 0 Å². The zero-order chi connectivity index (χ0) is 26.4. The molecule has 0 saturated carbocycles. The van der Waals surface area contributed by atoms with E-state index in [0.29, 0.717) is 31.1 Å². The highest BCUT2D eigenvalue weighted by molar-refractivity contribution is 9.10. The average molecular weight is 629 g/mol. The highest BCUT2D eigenvalue weighted by Crippen LogP contribution is 2.45. The van der Waals surface area contributed by atoms with E-state index in [2.05, 4.69) is 31.9 Å². The van der Waals surface area contributed by atoms with Crippen molar-refractivity contribution in [1.29, 1.82) is 0 Å². The zero-order valence-electron chi connectivity index (χ0n) is 19.6. The molecule has 0 fully saturated rings. The van der Waals surface area contributed by atoms with Gasteiger partial charge in [-0.15, -0.1) is 0 Å². The minimum Gasteiger partial charge on any atom is -0.503 e. The Morgan fingerprint density at radius 2 is 1.81 bits per heavy atom.